The van der Waals surface area contributed by atoms with Crippen molar-refractivity contribution < 1.29 is 9.84 Å². The maximum absolute atomic E-state index is 10.5. The lowest BCUT2D eigenvalue weighted by atomic mass is 10.0. The van der Waals surface area contributed by atoms with Gasteiger partial charge in [-0.05, 0) is 56.0 Å². The third-order valence-electron chi connectivity index (χ3n) is 4.54. The van der Waals surface area contributed by atoms with Crippen LogP contribution in [0.1, 0.15) is 51.4 Å². The third kappa shape index (κ3) is 4.07. The van der Waals surface area contributed by atoms with Crippen molar-refractivity contribution in [1.29, 1.82) is 0 Å². The largest absolute Gasteiger partial charge is 0.494 e. The first-order valence-corrected chi connectivity index (χ1v) is 9.27. The SMILES string of the molecule is CC(C)c1ccc(OCCCn2c(C(C)(C)O)nc3ccccc32)cc1. The average Bonchev–Trinajstić information content (AvgIpc) is 2.98. The molecule has 0 aliphatic carbocycles. The molecule has 1 heterocycles. The Hall–Kier alpha value is -2.33. The number of aryl methyl sites for hydroxylation is 1. The molecule has 1 N–H and O–H groups in total. The van der Waals surface area contributed by atoms with Crippen LogP contribution in [0.15, 0.2) is 48.5 Å². The van der Waals surface area contributed by atoms with E-state index in [0.717, 1.165) is 29.7 Å². The predicted molar refractivity (Wildman–Crippen MR) is 106 cm³/mol. The van der Waals surface area contributed by atoms with E-state index in [1.54, 1.807) is 13.8 Å². The molecule has 4 nitrogen and oxygen atoms in total. The predicted octanol–water partition coefficient (Wildman–Crippen LogP) is 4.86. The topological polar surface area (TPSA) is 47.3 Å². The molecule has 0 amide bonds. The summed E-state index contributed by atoms with van der Waals surface area (Å²) < 4.78 is 7.98. The second-order valence-corrected chi connectivity index (χ2v) is 7.56. The van der Waals surface area contributed by atoms with E-state index in [4.69, 9.17) is 4.74 Å². The normalized spacial score (nSPS) is 12.1. The number of imidazole rings is 1. The van der Waals surface area contributed by atoms with Crippen molar-refractivity contribution in [2.45, 2.75) is 52.2 Å². The molecule has 0 saturated heterocycles. The summed E-state index contributed by atoms with van der Waals surface area (Å²) in [7, 11) is 0. The van der Waals surface area contributed by atoms with E-state index in [1.165, 1.54) is 5.56 Å². The summed E-state index contributed by atoms with van der Waals surface area (Å²) in [4.78, 5) is 4.62. The van der Waals surface area contributed by atoms with Gasteiger partial charge in [0.05, 0.1) is 17.6 Å². The van der Waals surface area contributed by atoms with Crippen LogP contribution in [0.25, 0.3) is 11.0 Å². The molecule has 0 aliphatic heterocycles. The van der Waals surface area contributed by atoms with E-state index < -0.39 is 5.60 Å². The number of benzene rings is 2. The van der Waals surface area contributed by atoms with E-state index >= 15 is 0 Å². The summed E-state index contributed by atoms with van der Waals surface area (Å²) in [6, 6.07) is 16.3. The number of nitrogens with zero attached hydrogens (tertiary/aromatic N) is 2. The van der Waals surface area contributed by atoms with Crippen molar-refractivity contribution in [2.24, 2.45) is 0 Å². The molecule has 0 spiro atoms. The zero-order chi connectivity index (χ0) is 18.7. The number of hydrogen-bond acceptors (Lipinski definition) is 3. The molecule has 3 rings (SSSR count). The van der Waals surface area contributed by atoms with Crippen LogP contribution in [0.4, 0.5) is 0 Å². The number of fused-ring (bicyclic) bond motifs is 1. The Morgan fingerprint density at radius 3 is 2.42 bits per heavy atom. The lowest BCUT2D eigenvalue weighted by molar-refractivity contribution is 0.0649. The fourth-order valence-electron chi connectivity index (χ4n) is 3.13. The number of ether oxygens (including phenoxy) is 1. The molecule has 26 heavy (non-hydrogen) atoms. The first kappa shape index (κ1) is 18.5. The monoisotopic (exact) mass is 352 g/mol. The second-order valence-electron chi connectivity index (χ2n) is 7.56. The lowest BCUT2D eigenvalue weighted by Crippen LogP contribution is -2.22. The zero-order valence-electron chi connectivity index (χ0n) is 16.1. The van der Waals surface area contributed by atoms with Gasteiger partial charge in [0.2, 0.25) is 0 Å². The van der Waals surface area contributed by atoms with E-state index in [9.17, 15) is 5.11 Å². The smallest absolute Gasteiger partial charge is 0.141 e. The summed E-state index contributed by atoms with van der Waals surface area (Å²) in [6.07, 6.45) is 0.843. The molecule has 2 aromatic carbocycles. The standard InChI is InChI=1S/C22H28N2O2/c1-16(2)17-10-12-18(13-11-17)26-15-7-14-24-20-9-6-5-8-19(20)23-21(24)22(3,4)25/h5-6,8-13,16,25H,7,14-15H2,1-4H3. The molecule has 0 unspecified atom stereocenters. The first-order chi connectivity index (χ1) is 12.4. The number of aliphatic hydroxyl groups is 1. The molecule has 4 heteroatoms. The van der Waals surface area contributed by atoms with Crippen LogP contribution in [-0.4, -0.2) is 21.3 Å². The molecule has 0 fully saturated rings. The van der Waals surface area contributed by atoms with Crippen LogP contribution in [0.2, 0.25) is 0 Å². The maximum atomic E-state index is 10.5. The fraction of sp³-hybridized carbons (Fsp3) is 0.409. The number of rotatable bonds is 7. The zero-order valence-corrected chi connectivity index (χ0v) is 16.1. The fourth-order valence-corrected chi connectivity index (χ4v) is 3.13. The van der Waals surface area contributed by atoms with Gasteiger partial charge in [-0.3, -0.25) is 0 Å². The van der Waals surface area contributed by atoms with Crippen molar-refractivity contribution in [3.63, 3.8) is 0 Å². The van der Waals surface area contributed by atoms with Gasteiger partial charge in [-0.1, -0.05) is 38.1 Å². The van der Waals surface area contributed by atoms with Gasteiger partial charge in [-0.15, -0.1) is 0 Å². The van der Waals surface area contributed by atoms with E-state index in [1.807, 2.05) is 36.4 Å². The lowest BCUT2D eigenvalue weighted by Gasteiger charge is -2.19. The Morgan fingerprint density at radius 1 is 1.08 bits per heavy atom. The highest BCUT2D eigenvalue weighted by Crippen LogP contribution is 2.25. The summed E-state index contributed by atoms with van der Waals surface area (Å²) >= 11 is 0. The van der Waals surface area contributed by atoms with Gasteiger partial charge in [-0.25, -0.2) is 4.98 Å². The van der Waals surface area contributed by atoms with Crippen LogP contribution in [0, 0.1) is 0 Å². The van der Waals surface area contributed by atoms with Crippen LogP contribution in [0.3, 0.4) is 0 Å². The van der Waals surface area contributed by atoms with Gasteiger partial charge in [0.15, 0.2) is 0 Å². The number of hydrogen-bond donors (Lipinski definition) is 1. The quantitative estimate of drug-likeness (QED) is 0.618. The minimum Gasteiger partial charge on any atom is -0.494 e. The second kappa shape index (κ2) is 7.50. The molecular weight excluding hydrogens is 324 g/mol. The molecule has 138 valence electrons. The summed E-state index contributed by atoms with van der Waals surface area (Å²) in [6.45, 7) is 9.30. The molecule has 0 bridgehead atoms. The van der Waals surface area contributed by atoms with Crippen molar-refractivity contribution in [3.05, 3.63) is 59.9 Å². The molecular formula is C22H28N2O2. The Bertz CT molecular complexity index is 858. The van der Waals surface area contributed by atoms with Gasteiger partial charge in [0, 0.05) is 6.54 Å². The highest BCUT2D eigenvalue weighted by molar-refractivity contribution is 5.76. The van der Waals surface area contributed by atoms with Crippen LogP contribution >= 0.6 is 0 Å². The molecule has 1 aromatic heterocycles. The molecule has 0 aliphatic rings. The van der Waals surface area contributed by atoms with Crippen molar-refractivity contribution in [1.82, 2.24) is 9.55 Å². The van der Waals surface area contributed by atoms with E-state index in [0.29, 0.717) is 18.3 Å². The van der Waals surface area contributed by atoms with Gasteiger partial charge in [0.1, 0.15) is 17.2 Å². The highest BCUT2D eigenvalue weighted by Gasteiger charge is 2.24. The molecule has 3 aromatic rings. The Balaban J connectivity index is 1.66. The number of para-hydroxylation sites is 2. The minimum absolute atomic E-state index is 0.527. The van der Waals surface area contributed by atoms with Crippen molar-refractivity contribution in [3.8, 4) is 5.75 Å². The first-order valence-electron chi connectivity index (χ1n) is 9.27. The molecule has 0 radical (unpaired) electrons. The summed E-state index contributed by atoms with van der Waals surface area (Å²) in [5, 5.41) is 10.5. The average molecular weight is 352 g/mol. The van der Waals surface area contributed by atoms with Gasteiger partial charge in [0.25, 0.3) is 0 Å². The van der Waals surface area contributed by atoms with Gasteiger partial charge in [-0.2, -0.15) is 0 Å². The third-order valence-corrected chi connectivity index (χ3v) is 4.54. The Kier molecular flexibility index (Phi) is 5.33. The molecule has 0 atom stereocenters. The number of aromatic nitrogens is 2. The molecule has 0 saturated carbocycles. The Labute approximate surface area is 155 Å². The van der Waals surface area contributed by atoms with Gasteiger partial charge >= 0.3 is 0 Å². The van der Waals surface area contributed by atoms with Crippen molar-refractivity contribution in [2.75, 3.05) is 6.61 Å². The highest BCUT2D eigenvalue weighted by atomic mass is 16.5. The van der Waals surface area contributed by atoms with E-state index in [-0.39, 0.29) is 0 Å². The van der Waals surface area contributed by atoms with Crippen molar-refractivity contribution >= 4 is 11.0 Å². The van der Waals surface area contributed by atoms with Crippen LogP contribution in [-0.2, 0) is 12.1 Å². The van der Waals surface area contributed by atoms with E-state index in [2.05, 4.69) is 35.5 Å². The summed E-state index contributed by atoms with van der Waals surface area (Å²) in [5.74, 6) is 2.12. The van der Waals surface area contributed by atoms with Crippen LogP contribution in [0.5, 0.6) is 5.75 Å². The Morgan fingerprint density at radius 2 is 1.77 bits per heavy atom. The maximum Gasteiger partial charge on any atom is 0.141 e. The summed E-state index contributed by atoms with van der Waals surface area (Å²) in [5.41, 5.74) is 2.30. The van der Waals surface area contributed by atoms with Gasteiger partial charge < -0.3 is 14.4 Å². The minimum atomic E-state index is -0.980. The van der Waals surface area contributed by atoms with Crippen LogP contribution < -0.4 is 4.74 Å².